The molecule has 136 valence electrons. The predicted molar refractivity (Wildman–Crippen MR) is 102 cm³/mol. The molecular formula is C20H17N3O3S. The van der Waals surface area contributed by atoms with Crippen molar-refractivity contribution in [3.63, 3.8) is 0 Å². The molecule has 3 aliphatic rings. The number of hydrogen-bond acceptors (Lipinski definition) is 7. The van der Waals surface area contributed by atoms with E-state index in [-0.39, 0.29) is 5.60 Å². The summed E-state index contributed by atoms with van der Waals surface area (Å²) in [5, 5.41) is 0. The van der Waals surface area contributed by atoms with Gasteiger partial charge >= 0.3 is 0 Å². The molecule has 0 amide bonds. The van der Waals surface area contributed by atoms with Gasteiger partial charge in [0, 0.05) is 55.2 Å². The molecule has 1 aromatic carbocycles. The minimum absolute atomic E-state index is 0.323. The van der Waals surface area contributed by atoms with Gasteiger partial charge < -0.3 is 9.64 Å². The highest BCUT2D eigenvalue weighted by molar-refractivity contribution is 8.04. The van der Waals surface area contributed by atoms with E-state index in [1.165, 1.54) is 11.8 Å². The van der Waals surface area contributed by atoms with Crippen LogP contribution < -0.4 is 4.90 Å². The lowest BCUT2D eigenvalue weighted by Gasteiger charge is -2.45. The first-order chi connectivity index (χ1) is 13.2. The van der Waals surface area contributed by atoms with Crippen LogP contribution in [0.3, 0.4) is 0 Å². The number of hydrogen-bond donors (Lipinski definition) is 0. The Morgan fingerprint density at radius 3 is 2.56 bits per heavy atom. The molecule has 0 atom stereocenters. The van der Waals surface area contributed by atoms with E-state index in [0.29, 0.717) is 22.0 Å². The number of carbonyl (C=O) groups excluding carboxylic acids is 2. The summed E-state index contributed by atoms with van der Waals surface area (Å²) in [6, 6.07) is 7.22. The summed E-state index contributed by atoms with van der Waals surface area (Å²) in [7, 11) is 0. The van der Waals surface area contributed by atoms with E-state index in [1.807, 2.05) is 12.1 Å². The first kappa shape index (κ1) is 16.5. The number of ketones is 2. The second-order valence-electron chi connectivity index (χ2n) is 6.99. The van der Waals surface area contributed by atoms with Crippen LogP contribution in [0.2, 0.25) is 0 Å². The van der Waals surface area contributed by atoms with Gasteiger partial charge in [0.2, 0.25) is 11.6 Å². The standard InChI is InChI=1S/C20H17N3O3S/c24-16-13-3-1-2-4-14(13)18-19(17(16)25)27-12-20(26-18)5-9-23(10-6-20)15-11-21-7-8-22-15/h1-4,7-8,11H,5-6,9-10,12H2. The zero-order valence-electron chi connectivity index (χ0n) is 14.6. The summed E-state index contributed by atoms with van der Waals surface area (Å²) < 4.78 is 6.47. The fraction of sp³-hybridized carbons (Fsp3) is 0.300. The average Bonchev–Trinajstić information content (AvgIpc) is 2.73. The summed E-state index contributed by atoms with van der Waals surface area (Å²) in [4.78, 5) is 36.1. The lowest BCUT2D eigenvalue weighted by Crippen LogP contribution is -2.49. The van der Waals surface area contributed by atoms with Crippen molar-refractivity contribution in [3.05, 3.63) is 58.9 Å². The van der Waals surface area contributed by atoms with E-state index in [2.05, 4.69) is 14.9 Å². The molecule has 0 saturated carbocycles. The van der Waals surface area contributed by atoms with Gasteiger partial charge in [-0.1, -0.05) is 24.3 Å². The number of benzene rings is 1. The Labute approximate surface area is 160 Å². The van der Waals surface area contributed by atoms with Crippen molar-refractivity contribution in [3.8, 4) is 0 Å². The molecule has 3 heterocycles. The third-order valence-electron chi connectivity index (χ3n) is 5.38. The molecule has 27 heavy (non-hydrogen) atoms. The largest absolute Gasteiger partial charge is 0.484 e. The molecule has 0 radical (unpaired) electrons. The van der Waals surface area contributed by atoms with E-state index in [1.54, 1.807) is 30.7 Å². The van der Waals surface area contributed by atoms with Crippen LogP contribution in [0.25, 0.3) is 5.76 Å². The minimum Gasteiger partial charge on any atom is -0.484 e. The number of anilines is 1. The number of piperidine rings is 1. The van der Waals surface area contributed by atoms with Crippen molar-refractivity contribution in [1.82, 2.24) is 9.97 Å². The van der Waals surface area contributed by atoms with Crippen molar-refractivity contribution in [2.45, 2.75) is 18.4 Å². The van der Waals surface area contributed by atoms with E-state index >= 15 is 0 Å². The van der Waals surface area contributed by atoms with Crippen LogP contribution in [0.1, 0.15) is 28.8 Å². The Morgan fingerprint density at radius 2 is 1.81 bits per heavy atom. The molecule has 5 rings (SSSR count). The van der Waals surface area contributed by atoms with Crippen LogP contribution >= 0.6 is 11.8 Å². The number of carbonyl (C=O) groups is 2. The zero-order valence-corrected chi connectivity index (χ0v) is 15.4. The maximum absolute atomic E-state index is 12.5. The number of aromatic nitrogens is 2. The van der Waals surface area contributed by atoms with Crippen LogP contribution in [0.5, 0.6) is 0 Å². The highest BCUT2D eigenvalue weighted by Crippen LogP contribution is 2.47. The van der Waals surface area contributed by atoms with Gasteiger partial charge in [-0.25, -0.2) is 4.98 Å². The number of thioether (sulfide) groups is 1. The molecule has 2 aromatic rings. The van der Waals surface area contributed by atoms with E-state index in [0.717, 1.165) is 37.3 Å². The fourth-order valence-electron chi connectivity index (χ4n) is 3.86. The number of Topliss-reactive ketones (excluding diaryl/α,β-unsaturated/α-hetero) is 2. The topological polar surface area (TPSA) is 72.4 Å². The average molecular weight is 379 g/mol. The van der Waals surface area contributed by atoms with Crippen LogP contribution in [-0.4, -0.2) is 46.0 Å². The van der Waals surface area contributed by atoms with E-state index in [9.17, 15) is 9.59 Å². The van der Waals surface area contributed by atoms with Gasteiger partial charge in [-0.3, -0.25) is 14.6 Å². The Kier molecular flexibility index (Phi) is 3.79. The van der Waals surface area contributed by atoms with Crippen molar-refractivity contribution in [2.75, 3.05) is 23.7 Å². The number of allylic oxidation sites excluding steroid dienone is 1. The lowest BCUT2D eigenvalue weighted by molar-refractivity contribution is -0.111. The van der Waals surface area contributed by atoms with Gasteiger partial charge in [-0.2, -0.15) is 0 Å². The van der Waals surface area contributed by atoms with E-state index in [4.69, 9.17) is 4.74 Å². The molecule has 1 fully saturated rings. The number of nitrogens with zero attached hydrogens (tertiary/aromatic N) is 3. The van der Waals surface area contributed by atoms with Gasteiger partial charge in [0.1, 0.15) is 22.1 Å². The molecule has 7 heteroatoms. The summed E-state index contributed by atoms with van der Waals surface area (Å²) in [6.45, 7) is 1.63. The third kappa shape index (κ3) is 2.65. The summed E-state index contributed by atoms with van der Waals surface area (Å²) >= 11 is 1.46. The maximum Gasteiger partial charge on any atom is 0.243 e. The van der Waals surface area contributed by atoms with Gasteiger partial charge in [0.25, 0.3) is 0 Å². The maximum atomic E-state index is 12.5. The van der Waals surface area contributed by atoms with Crippen molar-refractivity contribution in [1.29, 1.82) is 0 Å². The number of rotatable bonds is 1. The highest BCUT2D eigenvalue weighted by Gasteiger charge is 2.46. The third-order valence-corrected chi connectivity index (χ3v) is 6.71. The molecule has 0 unspecified atom stereocenters. The second-order valence-corrected chi connectivity index (χ2v) is 7.97. The summed E-state index contributed by atoms with van der Waals surface area (Å²) in [5.74, 6) is 1.26. The lowest BCUT2D eigenvalue weighted by atomic mass is 9.90. The van der Waals surface area contributed by atoms with Crippen LogP contribution in [0, 0.1) is 0 Å². The van der Waals surface area contributed by atoms with Gasteiger partial charge in [0.05, 0.1) is 6.20 Å². The van der Waals surface area contributed by atoms with Gasteiger partial charge in [-0.15, -0.1) is 11.8 Å². The summed E-state index contributed by atoms with van der Waals surface area (Å²) in [6.07, 6.45) is 6.81. The summed E-state index contributed by atoms with van der Waals surface area (Å²) in [5.41, 5.74) is 0.853. The van der Waals surface area contributed by atoms with Crippen LogP contribution in [0.4, 0.5) is 5.82 Å². The Balaban J connectivity index is 1.42. The van der Waals surface area contributed by atoms with Gasteiger partial charge in [-0.05, 0) is 0 Å². The number of ether oxygens (including phenoxy) is 1. The first-order valence-electron chi connectivity index (χ1n) is 8.92. The molecule has 0 bridgehead atoms. The minimum atomic E-state index is -0.444. The highest BCUT2D eigenvalue weighted by atomic mass is 32.2. The molecule has 1 aromatic heterocycles. The molecular weight excluding hydrogens is 362 g/mol. The molecule has 0 N–H and O–H groups in total. The SMILES string of the molecule is O=C1C(=O)c2ccccc2C2=C1SCC1(CCN(c3cnccn3)CC1)O2. The van der Waals surface area contributed by atoms with Gasteiger partial charge in [0.15, 0.2) is 0 Å². The molecule has 1 saturated heterocycles. The van der Waals surface area contributed by atoms with Crippen molar-refractivity contribution < 1.29 is 14.3 Å². The van der Waals surface area contributed by atoms with Crippen molar-refractivity contribution in [2.24, 2.45) is 0 Å². The second kappa shape index (κ2) is 6.20. The monoisotopic (exact) mass is 379 g/mol. The number of fused-ring (bicyclic) bond motifs is 2. The molecule has 6 nitrogen and oxygen atoms in total. The molecule has 1 spiro atoms. The molecule has 2 aliphatic heterocycles. The Morgan fingerprint density at radius 1 is 1.04 bits per heavy atom. The normalized spacial score (nSPS) is 21.0. The predicted octanol–water partition coefficient (Wildman–Crippen LogP) is 2.71. The Hall–Kier alpha value is -2.67. The first-order valence-corrected chi connectivity index (χ1v) is 9.91. The quantitative estimate of drug-likeness (QED) is 0.706. The Bertz CT molecular complexity index is 965. The van der Waals surface area contributed by atoms with E-state index < -0.39 is 11.6 Å². The smallest absolute Gasteiger partial charge is 0.243 e. The van der Waals surface area contributed by atoms with Crippen LogP contribution in [0.15, 0.2) is 47.8 Å². The van der Waals surface area contributed by atoms with Crippen molar-refractivity contribution >= 4 is 34.9 Å². The molecule has 1 aliphatic carbocycles. The van der Waals surface area contributed by atoms with Crippen LogP contribution in [-0.2, 0) is 9.53 Å². The fourth-order valence-corrected chi connectivity index (χ4v) is 5.12. The zero-order chi connectivity index (χ0) is 18.4.